The van der Waals surface area contributed by atoms with Gasteiger partial charge in [0.15, 0.2) is 0 Å². The predicted octanol–water partition coefficient (Wildman–Crippen LogP) is 1.61. The molecule has 0 aromatic carbocycles. The third-order valence-electron chi connectivity index (χ3n) is 1.59. The summed E-state index contributed by atoms with van der Waals surface area (Å²) in [5.41, 5.74) is 0.112. The molecule has 4 heteroatoms. The van der Waals surface area contributed by atoms with Crippen molar-refractivity contribution >= 4 is 11.9 Å². The summed E-state index contributed by atoms with van der Waals surface area (Å²) < 4.78 is 4.84. The van der Waals surface area contributed by atoms with Crippen molar-refractivity contribution in [3.05, 3.63) is 11.6 Å². The van der Waals surface area contributed by atoms with Crippen molar-refractivity contribution in [3.63, 3.8) is 0 Å². The van der Waals surface area contributed by atoms with Crippen molar-refractivity contribution in [2.75, 3.05) is 6.61 Å². The van der Waals surface area contributed by atoms with E-state index in [-0.39, 0.29) is 5.57 Å². The Bertz CT molecular complexity index is 241. The molecule has 0 atom stereocenters. The first-order valence-corrected chi connectivity index (χ1v) is 4.51. The third-order valence-corrected chi connectivity index (χ3v) is 1.59. The van der Waals surface area contributed by atoms with Gasteiger partial charge < -0.3 is 9.84 Å². The van der Waals surface area contributed by atoms with Crippen LogP contribution in [0.3, 0.4) is 0 Å². The largest absolute Gasteiger partial charge is 0.478 e. The quantitative estimate of drug-likeness (QED) is 0.541. The molecule has 0 amide bonds. The number of carbonyl (C=O) groups excluding carboxylic acids is 1. The summed E-state index contributed by atoms with van der Waals surface area (Å²) in [6.45, 7) is 5.80. The highest BCUT2D eigenvalue weighted by Crippen LogP contribution is 2.02. The molecule has 0 heterocycles. The van der Waals surface area contributed by atoms with Crippen LogP contribution in [0.25, 0.3) is 0 Å². The van der Waals surface area contributed by atoms with Crippen LogP contribution in [0.1, 0.15) is 27.2 Å². The maximum Gasteiger partial charge on any atom is 0.333 e. The zero-order valence-corrected chi connectivity index (χ0v) is 8.74. The molecule has 0 saturated heterocycles. The van der Waals surface area contributed by atoms with Crippen molar-refractivity contribution in [2.24, 2.45) is 5.92 Å². The summed E-state index contributed by atoms with van der Waals surface area (Å²) in [5.74, 6) is -1.23. The highest BCUT2D eigenvalue weighted by Gasteiger charge is 2.07. The fourth-order valence-corrected chi connectivity index (χ4v) is 0.745. The standard InChI is InChI=1S/C10H16O4/c1-7(2)4-5-14-10(13)8(3)6-9(11)12/h6-7H,4-5H2,1-3H3,(H,11,12)/b8-6-. The van der Waals surface area contributed by atoms with Crippen molar-refractivity contribution in [1.29, 1.82) is 0 Å². The van der Waals surface area contributed by atoms with Gasteiger partial charge in [-0.1, -0.05) is 13.8 Å². The van der Waals surface area contributed by atoms with Gasteiger partial charge in [-0.25, -0.2) is 9.59 Å². The number of carboxylic acid groups (broad SMARTS) is 1. The summed E-state index contributed by atoms with van der Waals surface area (Å²) in [6, 6.07) is 0. The minimum atomic E-state index is -1.14. The van der Waals surface area contributed by atoms with E-state index < -0.39 is 11.9 Å². The maximum absolute atomic E-state index is 11.1. The van der Waals surface area contributed by atoms with E-state index in [1.807, 2.05) is 13.8 Å². The van der Waals surface area contributed by atoms with Gasteiger partial charge in [0, 0.05) is 11.6 Å². The molecule has 14 heavy (non-hydrogen) atoms. The van der Waals surface area contributed by atoms with Crippen molar-refractivity contribution in [2.45, 2.75) is 27.2 Å². The number of rotatable bonds is 5. The first kappa shape index (κ1) is 12.7. The summed E-state index contributed by atoms with van der Waals surface area (Å²) in [7, 11) is 0. The lowest BCUT2D eigenvalue weighted by atomic mass is 10.1. The van der Waals surface area contributed by atoms with Crippen LogP contribution in [0.2, 0.25) is 0 Å². The lowest BCUT2D eigenvalue weighted by Crippen LogP contribution is -2.09. The molecule has 0 aliphatic carbocycles. The topological polar surface area (TPSA) is 63.6 Å². The molecule has 0 rings (SSSR count). The number of carboxylic acids is 1. The molecule has 0 aliphatic rings. The van der Waals surface area contributed by atoms with Crippen LogP contribution in [-0.2, 0) is 14.3 Å². The number of ether oxygens (including phenoxy) is 1. The van der Waals surface area contributed by atoms with Gasteiger partial charge in [-0.2, -0.15) is 0 Å². The molecule has 4 nitrogen and oxygen atoms in total. The molecule has 0 aliphatic heterocycles. The Morgan fingerprint density at radius 1 is 1.43 bits per heavy atom. The molecule has 0 unspecified atom stereocenters. The number of aliphatic carboxylic acids is 1. The van der Waals surface area contributed by atoms with Gasteiger partial charge in [-0.15, -0.1) is 0 Å². The molecule has 0 fully saturated rings. The number of hydrogen-bond acceptors (Lipinski definition) is 3. The fraction of sp³-hybridized carbons (Fsp3) is 0.600. The lowest BCUT2D eigenvalue weighted by Gasteiger charge is -2.06. The Kier molecular flexibility index (Phi) is 5.60. The Hall–Kier alpha value is -1.32. The Morgan fingerprint density at radius 3 is 2.43 bits per heavy atom. The zero-order valence-electron chi connectivity index (χ0n) is 8.74. The second-order valence-corrected chi connectivity index (χ2v) is 3.48. The van der Waals surface area contributed by atoms with E-state index in [0.29, 0.717) is 12.5 Å². The Balaban J connectivity index is 3.91. The molecule has 0 aromatic rings. The van der Waals surface area contributed by atoms with Crippen LogP contribution in [-0.4, -0.2) is 23.7 Å². The van der Waals surface area contributed by atoms with Crippen LogP contribution in [0, 0.1) is 5.92 Å². The molecular formula is C10H16O4. The number of carbonyl (C=O) groups is 2. The summed E-state index contributed by atoms with van der Waals surface area (Å²) >= 11 is 0. The normalized spacial score (nSPS) is 11.6. The van der Waals surface area contributed by atoms with Crippen molar-refractivity contribution in [1.82, 2.24) is 0 Å². The van der Waals surface area contributed by atoms with Gasteiger partial charge in [0.2, 0.25) is 0 Å². The Labute approximate surface area is 83.6 Å². The average molecular weight is 200 g/mol. The van der Waals surface area contributed by atoms with E-state index in [1.54, 1.807) is 0 Å². The minimum Gasteiger partial charge on any atom is -0.478 e. The average Bonchev–Trinajstić information content (AvgIpc) is 2.01. The first-order valence-electron chi connectivity index (χ1n) is 4.51. The van der Waals surface area contributed by atoms with Crippen LogP contribution in [0.4, 0.5) is 0 Å². The number of hydrogen-bond donors (Lipinski definition) is 1. The predicted molar refractivity (Wildman–Crippen MR) is 51.8 cm³/mol. The first-order chi connectivity index (χ1) is 6.43. The van der Waals surface area contributed by atoms with Crippen molar-refractivity contribution < 1.29 is 19.4 Å². The van der Waals surface area contributed by atoms with E-state index in [1.165, 1.54) is 6.92 Å². The van der Waals surface area contributed by atoms with E-state index in [0.717, 1.165) is 12.5 Å². The Morgan fingerprint density at radius 2 is 2.00 bits per heavy atom. The summed E-state index contributed by atoms with van der Waals surface area (Å²) in [6.07, 6.45) is 1.63. The molecular weight excluding hydrogens is 184 g/mol. The second kappa shape index (κ2) is 6.18. The van der Waals surface area contributed by atoms with E-state index >= 15 is 0 Å². The zero-order chi connectivity index (χ0) is 11.1. The fourth-order valence-electron chi connectivity index (χ4n) is 0.745. The van der Waals surface area contributed by atoms with Crippen molar-refractivity contribution in [3.8, 4) is 0 Å². The molecule has 80 valence electrons. The van der Waals surface area contributed by atoms with Gasteiger partial charge >= 0.3 is 11.9 Å². The smallest absolute Gasteiger partial charge is 0.333 e. The molecule has 0 saturated carbocycles. The molecule has 0 radical (unpaired) electrons. The van der Waals surface area contributed by atoms with E-state index in [4.69, 9.17) is 9.84 Å². The maximum atomic E-state index is 11.1. The second-order valence-electron chi connectivity index (χ2n) is 3.48. The SMILES string of the molecule is C/C(=C/C(=O)O)C(=O)OCCC(C)C. The van der Waals surface area contributed by atoms with Gasteiger partial charge in [-0.3, -0.25) is 0 Å². The summed E-state index contributed by atoms with van der Waals surface area (Å²) in [5, 5.41) is 8.36. The van der Waals surface area contributed by atoms with Gasteiger partial charge in [0.1, 0.15) is 0 Å². The van der Waals surface area contributed by atoms with E-state index in [2.05, 4.69) is 0 Å². The number of esters is 1. The molecule has 1 N–H and O–H groups in total. The van der Waals surface area contributed by atoms with Crippen LogP contribution in [0.15, 0.2) is 11.6 Å². The molecule has 0 spiro atoms. The van der Waals surface area contributed by atoms with Crippen LogP contribution in [0.5, 0.6) is 0 Å². The monoisotopic (exact) mass is 200 g/mol. The van der Waals surface area contributed by atoms with Gasteiger partial charge in [0.25, 0.3) is 0 Å². The molecule has 0 aromatic heterocycles. The van der Waals surface area contributed by atoms with Gasteiger partial charge in [-0.05, 0) is 19.3 Å². The van der Waals surface area contributed by atoms with E-state index in [9.17, 15) is 9.59 Å². The third kappa shape index (κ3) is 6.22. The van der Waals surface area contributed by atoms with Crippen LogP contribution < -0.4 is 0 Å². The van der Waals surface area contributed by atoms with Crippen LogP contribution >= 0.6 is 0 Å². The van der Waals surface area contributed by atoms with Gasteiger partial charge in [0.05, 0.1) is 6.61 Å². The highest BCUT2D eigenvalue weighted by atomic mass is 16.5. The highest BCUT2D eigenvalue weighted by molar-refractivity contribution is 5.95. The lowest BCUT2D eigenvalue weighted by molar-refractivity contribution is -0.140. The summed E-state index contributed by atoms with van der Waals surface area (Å²) in [4.78, 5) is 21.3. The molecule has 0 bridgehead atoms. The minimum absolute atomic E-state index is 0.112.